The molecule has 0 saturated carbocycles. The molecule has 2 amide bonds. The summed E-state index contributed by atoms with van der Waals surface area (Å²) >= 11 is 0. The number of nitrogens with one attached hydrogen (secondary N) is 2. The fraction of sp³-hybridized carbons (Fsp3) is 0.250. The van der Waals surface area contributed by atoms with Crippen LogP contribution in [0.1, 0.15) is 0 Å². The molecule has 3 aromatic rings. The number of rotatable bonds is 8. The molecule has 2 aromatic carbocycles. The van der Waals surface area contributed by atoms with Gasteiger partial charge in [0.1, 0.15) is 0 Å². The Labute approximate surface area is 161 Å². The standard InChI is InChI=1S/C20H21N3O5/c1-26-12-13-27-11-10-21-20(25)22-15-8-6-14(7-9-15)18-23-17-5-3-2-4-16(17)19(24)28-18/h2-9H,10-13H2,1H3,(H2,21,22,25). The molecule has 2 N–H and O–H groups in total. The van der Waals surface area contributed by atoms with Gasteiger partial charge >= 0.3 is 11.7 Å². The average Bonchev–Trinajstić information content (AvgIpc) is 2.71. The Hall–Kier alpha value is -3.23. The van der Waals surface area contributed by atoms with Gasteiger partial charge < -0.3 is 24.5 Å². The zero-order valence-corrected chi connectivity index (χ0v) is 15.4. The summed E-state index contributed by atoms with van der Waals surface area (Å²) in [7, 11) is 1.60. The maximum atomic E-state index is 12.1. The average molecular weight is 383 g/mol. The summed E-state index contributed by atoms with van der Waals surface area (Å²) in [5.41, 5.74) is 1.38. The van der Waals surface area contributed by atoms with E-state index in [9.17, 15) is 9.59 Å². The van der Waals surface area contributed by atoms with E-state index in [4.69, 9.17) is 13.9 Å². The molecule has 1 aromatic heterocycles. The van der Waals surface area contributed by atoms with Gasteiger partial charge in [-0.2, -0.15) is 0 Å². The Kier molecular flexibility index (Phi) is 6.72. The number of aromatic nitrogens is 1. The molecule has 3 rings (SSSR count). The van der Waals surface area contributed by atoms with E-state index in [-0.39, 0.29) is 11.9 Å². The first-order chi connectivity index (χ1) is 13.7. The van der Waals surface area contributed by atoms with Gasteiger partial charge in [-0.3, -0.25) is 0 Å². The van der Waals surface area contributed by atoms with Gasteiger partial charge in [0.05, 0.1) is 30.7 Å². The second kappa shape index (κ2) is 9.63. The number of ether oxygens (including phenoxy) is 2. The zero-order chi connectivity index (χ0) is 19.8. The highest BCUT2D eigenvalue weighted by Gasteiger charge is 2.08. The fourth-order valence-electron chi connectivity index (χ4n) is 2.49. The largest absolute Gasteiger partial charge is 0.403 e. The molecule has 0 unspecified atom stereocenters. The predicted octanol–water partition coefficient (Wildman–Crippen LogP) is 2.64. The number of amides is 2. The summed E-state index contributed by atoms with van der Waals surface area (Å²) < 4.78 is 15.4. The summed E-state index contributed by atoms with van der Waals surface area (Å²) in [6.45, 7) is 1.80. The molecule has 0 atom stereocenters. The Morgan fingerprint density at radius 1 is 1.07 bits per heavy atom. The fourth-order valence-corrected chi connectivity index (χ4v) is 2.49. The molecular formula is C20H21N3O5. The quantitative estimate of drug-likeness (QED) is 0.580. The number of hydrogen-bond donors (Lipinski definition) is 2. The number of carbonyl (C=O) groups is 1. The Balaban J connectivity index is 1.58. The molecule has 0 spiro atoms. The van der Waals surface area contributed by atoms with Crippen molar-refractivity contribution in [3.8, 4) is 11.5 Å². The maximum Gasteiger partial charge on any atom is 0.347 e. The van der Waals surface area contributed by atoms with E-state index < -0.39 is 5.63 Å². The third-order valence-electron chi connectivity index (χ3n) is 3.89. The monoisotopic (exact) mass is 383 g/mol. The number of para-hydroxylation sites is 1. The Morgan fingerprint density at radius 3 is 2.64 bits per heavy atom. The van der Waals surface area contributed by atoms with Crippen molar-refractivity contribution in [2.75, 3.05) is 38.8 Å². The maximum absolute atomic E-state index is 12.1. The molecular weight excluding hydrogens is 362 g/mol. The van der Waals surface area contributed by atoms with E-state index >= 15 is 0 Å². The van der Waals surface area contributed by atoms with Crippen molar-refractivity contribution in [2.45, 2.75) is 0 Å². The molecule has 1 heterocycles. The van der Waals surface area contributed by atoms with Crippen LogP contribution in [-0.2, 0) is 9.47 Å². The van der Waals surface area contributed by atoms with Gasteiger partial charge in [0, 0.05) is 24.9 Å². The van der Waals surface area contributed by atoms with Gasteiger partial charge in [-0.15, -0.1) is 0 Å². The highest BCUT2D eigenvalue weighted by atomic mass is 16.5. The highest BCUT2D eigenvalue weighted by Crippen LogP contribution is 2.20. The third-order valence-corrected chi connectivity index (χ3v) is 3.89. The lowest BCUT2D eigenvalue weighted by atomic mass is 10.2. The Bertz CT molecular complexity index is 985. The van der Waals surface area contributed by atoms with Crippen molar-refractivity contribution in [1.82, 2.24) is 10.3 Å². The first-order valence-electron chi connectivity index (χ1n) is 8.79. The second-order valence-electron chi connectivity index (χ2n) is 5.89. The topological polar surface area (TPSA) is 103 Å². The first-order valence-corrected chi connectivity index (χ1v) is 8.79. The van der Waals surface area contributed by atoms with Gasteiger partial charge in [0.15, 0.2) is 0 Å². The molecule has 0 aliphatic heterocycles. The number of methoxy groups -OCH3 is 1. The number of urea groups is 1. The van der Waals surface area contributed by atoms with Crippen LogP contribution in [0.2, 0.25) is 0 Å². The van der Waals surface area contributed by atoms with Crippen molar-refractivity contribution in [3.63, 3.8) is 0 Å². The predicted molar refractivity (Wildman–Crippen MR) is 105 cm³/mol. The lowest BCUT2D eigenvalue weighted by Crippen LogP contribution is -2.31. The minimum atomic E-state index is -0.435. The zero-order valence-electron chi connectivity index (χ0n) is 15.4. The van der Waals surface area contributed by atoms with Crippen LogP contribution in [0, 0.1) is 0 Å². The number of anilines is 1. The molecule has 0 saturated heterocycles. The minimum Gasteiger partial charge on any atom is -0.403 e. The lowest BCUT2D eigenvalue weighted by Gasteiger charge is -2.08. The third kappa shape index (κ3) is 5.15. The van der Waals surface area contributed by atoms with Crippen molar-refractivity contribution in [1.29, 1.82) is 0 Å². The summed E-state index contributed by atoms with van der Waals surface area (Å²) in [6, 6.07) is 13.5. The van der Waals surface area contributed by atoms with Gasteiger partial charge in [0.2, 0.25) is 5.89 Å². The SMILES string of the molecule is COCCOCCNC(=O)Nc1ccc(-c2nc3ccccc3c(=O)o2)cc1. The summed E-state index contributed by atoms with van der Waals surface area (Å²) in [6.07, 6.45) is 0. The molecule has 8 heteroatoms. The normalized spacial score (nSPS) is 10.8. The van der Waals surface area contributed by atoms with Gasteiger partial charge in [0.25, 0.3) is 0 Å². The Morgan fingerprint density at radius 2 is 1.86 bits per heavy atom. The first kappa shape index (κ1) is 19.5. The number of carbonyl (C=O) groups excluding carboxylic acids is 1. The van der Waals surface area contributed by atoms with Crippen molar-refractivity contribution in [2.24, 2.45) is 0 Å². The lowest BCUT2D eigenvalue weighted by molar-refractivity contribution is 0.0728. The van der Waals surface area contributed by atoms with Crippen LogP contribution in [0.3, 0.4) is 0 Å². The molecule has 146 valence electrons. The van der Waals surface area contributed by atoms with E-state index in [2.05, 4.69) is 15.6 Å². The summed E-state index contributed by atoms with van der Waals surface area (Å²) in [5.74, 6) is 0.230. The molecule has 0 aliphatic rings. The smallest absolute Gasteiger partial charge is 0.347 e. The van der Waals surface area contributed by atoms with Crippen LogP contribution >= 0.6 is 0 Å². The molecule has 0 fully saturated rings. The molecule has 8 nitrogen and oxygen atoms in total. The van der Waals surface area contributed by atoms with Crippen molar-refractivity contribution >= 4 is 22.6 Å². The van der Waals surface area contributed by atoms with E-state index in [0.29, 0.717) is 48.5 Å². The summed E-state index contributed by atoms with van der Waals surface area (Å²) in [4.78, 5) is 28.3. The van der Waals surface area contributed by atoms with Crippen molar-refractivity contribution < 1.29 is 18.7 Å². The van der Waals surface area contributed by atoms with Crippen LogP contribution in [0.15, 0.2) is 57.7 Å². The van der Waals surface area contributed by atoms with E-state index in [1.54, 1.807) is 49.6 Å². The highest BCUT2D eigenvalue weighted by molar-refractivity contribution is 5.89. The summed E-state index contributed by atoms with van der Waals surface area (Å²) in [5, 5.41) is 5.85. The number of fused-ring (bicyclic) bond motifs is 1. The second-order valence-corrected chi connectivity index (χ2v) is 5.89. The van der Waals surface area contributed by atoms with E-state index in [1.807, 2.05) is 6.07 Å². The molecule has 28 heavy (non-hydrogen) atoms. The van der Waals surface area contributed by atoms with E-state index in [1.165, 1.54) is 0 Å². The van der Waals surface area contributed by atoms with Crippen LogP contribution < -0.4 is 16.3 Å². The van der Waals surface area contributed by atoms with Crippen LogP contribution in [-0.4, -0.2) is 44.5 Å². The van der Waals surface area contributed by atoms with Crippen LogP contribution in [0.4, 0.5) is 10.5 Å². The van der Waals surface area contributed by atoms with Crippen LogP contribution in [0.25, 0.3) is 22.4 Å². The number of hydrogen-bond acceptors (Lipinski definition) is 6. The molecule has 0 radical (unpaired) electrons. The number of nitrogens with zero attached hydrogens (tertiary/aromatic N) is 1. The van der Waals surface area contributed by atoms with Crippen molar-refractivity contribution in [3.05, 3.63) is 59.0 Å². The minimum absolute atomic E-state index is 0.230. The number of benzene rings is 2. The van der Waals surface area contributed by atoms with E-state index in [0.717, 1.165) is 0 Å². The molecule has 0 aliphatic carbocycles. The van der Waals surface area contributed by atoms with Crippen LogP contribution in [0.5, 0.6) is 0 Å². The van der Waals surface area contributed by atoms with Gasteiger partial charge in [-0.05, 0) is 36.4 Å². The van der Waals surface area contributed by atoms with Gasteiger partial charge in [-0.1, -0.05) is 12.1 Å². The molecule has 0 bridgehead atoms. The van der Waals surface area contributed by atoms with Gasteiger partial charge in [-0.25, -0.2) is 14.6 Å².